The maximum atomic E-state index is 5.86. The summed E-state index contributed by atoms with van der Waals surface area (Å²) in [6.45, 7) is 6.86. The summed E-state index contributed by atoms with van der Waals surface area (Å²) >= 11 is 0. The summed E-state index contributed by atoms with van der Waals surface area (Å²) in [5.74, 6) is 1.47. The maximum Gasteiger partial charge on any atom is 0.134 e. The molecular formula is C17H25NO3. The number of likely N-dealkylation sites (N-methyl/N-ethyl adjacent to an activating group) is 1. The normalized spacial score (nSPS) is 13.1. The smallest absolute Gasteiger partial charge is 0.134 e. The molecule has 1 aromatic carbocycles. The Morgan fingerprint density at radius 2 is 1.81 bits per heavy atom. The number of hydrogen-bond donors (Lipinski definition) is 1. The van der Waals surface area contributed by atoms with E-state index < -0.39 is 0 Å². The predicted octanol–water partition coefficient (Wildman–Crippen LogP) is 3.38. The van der Waals surface area contributed by atoms with Crippen molar-refractivity contribution in [3.63, 3.8) is 0 Å². The van der Waals surface area contributed by atoms with Gasteiger partial charge in [0.2, 0.25) is 0 Å². The Kier molecular flexibility index (Phi) is 6.23. The predicted molar refractivity (Wildman–Crippen MR) is 84.5 cm³/mol. The van der Waals surface area contributed by atoms with Crippen LogP contribution in [0.2, 0.25) is 0 Å². The molecule has 0 radical (unpaired) electrons. The lowest BCUT2D eigenvalue weighted by atomic mass is 10.2. The second kappa shape index (κ2) is 8.17. The van der Waals surface area contributed by atoms with Crippen LogP contribution < -0.4 is 5.32 Å². The van der Waals surface area contributed by atoms with E-state index in [1.54, 1.807) is 0 Å². The Bertz CT molecular complexity index is 503. The topological polar surface area (TPSA) is 43.6 Å². The van der Waals surface area contributed by atoms with Crippen LogP contribution in [0.1, 0.15) is 25.6 Å². The van der Waals surface area contributed by atoms with Gasteiger partial charge in [0, 0.05) is 12.0 Å². The summed E-state index contributed by atoms with van der Waals surface area (Å²) in [5, 5.41) is 4.35. The molecule has 0 aliphatic carbocycles. The van der Waals surface area contributed by atoms with Gasteiger partial charge in [0.05, 0.1) is 25.9 Å². The van der Waals surface area contributed by atoms with E-state index in [9.17, 15) is 0 Å². The average molecular weight is 291 g/mol. The van der Waals surface area contributed by atoms with Crippen LogP contribution in [0.15, 0.2) is 34.7 Å². The molecule has 0 saturated carbocycles. The molecule has 0 saturated heterocycles. The molecule has 2 aromatic rings. The minimum atomic E-state index is 0.0579. The second-order valence-electron chi connectivity index (χ2n) is 5.57. The molecule has 1 N–H and O–H groups in total. The number of benzene rings is 1. The molecule has 1 atom stereocenters. The number of fused-ring (bicyclic) bond motifs is 1. The van der Waals surface area contributed by atoms with Gasteiger partial charge in [0.25, 0.3) is 0 Å². The molecule has 116 valence electrons. The summed E-state index contributed by atoms with van der Waals surface area (Å²) in [4.78, 5) is 0. The molecule has 4 heteroatoms. The standard InChI is InChI=1S/C17H25NO3/c1-13(2)11-19-8-9-20-12-15(18-3)17-10-14-6-4-5-7-16(14)21-17/h4-7,10,13,15,18H,8-9,11-12H2,1-3H3. The molecule has 0 aliphatic rings. The van der Waals surface area contributed by atoms with E-state index in [1.807, 2.05) is 25.2 Å². The number of rotatable bonds is 9. The number of para-hydroxylation sites is 1. The van der Waals surface area contributed by atoms with E-state index in [-0.39, 0.29) is 6.04 Å². The van der Waals surface area contributed by atoms with Crippen molar-refractivity contribution in [1.82, 2.24) is 5.32 Å². The van der Waals surface area contributed by atoms with Crippen LogP contribution in [-0.4, -0.2) is 33.5 Å². The summed E-state index contributed by atoms with van der Waals surface area (Å²) in [6, 6.07) is 10.1. The van der Waals surface area contributed by atoms with Gasteiger partial charge in [-0.05, 0) is 25.1 Å². The van der Waals surface area contributed by atoms with Crippen molar-refractivity contribution in [3.8, 4) is 0 Å². The van der Waals surface area contributed by atoms with Gasteiger partial charge in [-0.1, -0.05) is 32.0 Å². The van der Waals surface area contributed by atoms with Crippen LogP contribution in [-0.2, 0) is 9.47 Å². The molecule has 0 amide bonds. The largest absolute Gasteiger partial charge is 0.459 e. The minimum absolute atomic E-state index is 0.0579. The SMILES string of the molecule is CNC(COCCOCC(C)C)c1cc2ccccc2o1. The Labute approximate surface area is 126 Å². The van der Waals surface area contributed by atoms with E-state index in [1.165, 1.54) is 0 Å². The van der Waals surface area contributed by atoms with E-state index in [0.717, 1.165) is 23.3 Å². The fraction of sp³-hybridized carbons (Fsp3) is 0.529. The molecule has 21 heavy (non-hydrogen) atoms. The van der Waals surface area contributed by atoms with E-state index >= 15 is 0 Å². The number of furan rings is 1. The van der Waals surface area contributed by atoms with Crippen LogP contribution in [0.5, 0.6) is 0 Å². The number of hydrogen-bond acceptors (Lipinski definition) is 4. The zero-order valence-electron chi connectivity index (χ0n) is 13.1. The maximum absolute atomic E-state index is 5.86. The van der Waals surface area contributed by atoms with Crippen LogP contribution >= 0.6 is 0 Å². The molecule has 0 aliphatic heterocycles. The molecule has 4 nitrogen and oxygen atoms in total. The molecule has 1 aromatic heterocycles. The Hall–Kier alpha value is -1.36. The molecule has 2 rings (SSSR count). The van der Waals surface area contributed by atoms with Crippen LogP contribution in [0.25, 0.3) is 11.0 Å². The van der Waals surface area contributed by atoms with Gasteiger partial charge < -0.3 is 19.2 Å². The minimum Gasteiger partial charge on any atom is -0.459 e. The first-order valence-electron chi connectivity index (χ1n) is 7.52. The molecule has 1 unspecified atom stereocenters. The number of nitrogens with one attached hydrogen (secondary N) is 1. The van der Waals surface area contributed by atoms with Crippen molar-refractivity contribution < 1.29 is 13.9 Å². The van der Waals surface area contributed by atoms with Crippen LogP contribution in [0.4, 0.5) is 0 Å². The van der Waals surface area contributed by atoms with Crippen molar-refractivity contribution >= 4 is 11.0 Å². The van der Waals surface area contributed by atoms with Crippen molar-refractivity contribution in [1.29, 1.82) is 0 Å². The zero-order chi connectivity index (χ0) is 15.1. The molecule has 0 spiro atoms. The van der Waals surface area contributed by atoms with Crippen molar-refractivity contribution in [2.75, 3.05) is 33.5 Å². The highest BCUT2D eigenvalue weighted by molar-refractivity contribution is 5.77. The monoisotopic (exact) mass is 291 g/mol. The summed E-state index contributed by atoms with van der Waals surface area (Å²) < 4.78 is 17.0. The summed E-state index contributed by atoms with van der Waals surface area (Å²) in [7, 11) is 1.91. The molecule has 1 heterocycles. The van der Waals surface area contributed by atoms with Gasteiger partial charge >= 0.3 is 0 Å². The third-order valence-electron chi connectivity index (χ3n) is 3.24. The Morgan fingerprint density at radius 3 is 2.48 bits per heavy atom. The van der Waals surface area contributed by atoms with Crippen molar-refractivity contribution in [2.45, 2.75) is 19.9 Å². The lowest BCUT2D eigenvalue weighted by molar-refractivity contribution is 0.0292. The van der Waals surface area contributed by atoms with Gasteiger partial charge in [-0.15, -0.1) is 0 Å². The molecular weight excluding hydrogens is 266 g/mol. The lowest BCUT2D eigenvalue weighted by Crippen LogP contribution is -2.22. The zero-order valence-corrected chi connectivity index (χ0v) is 13.1. The Morgan fingerprint density at radius 1 is 1.10 bits per heavy atom. The van der Waals surface area contributed by atoms with Crippen LogP contribution in [0, 0.1) is 5.92 Å². The fourth-order valence-corrected chi connectivity index (χ4v) is 2.12. The Balaban J connectivity index is 1.80. The van der Waals surface area contributed by atoms with Gasteiger partial charge in [0.15, 0.2) is 0 Å². The van der Waals surface area contributed by atoms with Gasteiger partial charge in [-0.3, -0.25) is 0 Å². The second-order valence-corrected chi connectivity index (χ2v) is 5.57. The van der Waals surface area contributed by atoms with E-state index in [2.05, 4.69) is 31.3 Å². The van der Waals surface area contributed by atoms with Gasteiger partial charge in [0.1, 0.15) is 11.3 Å². The van der Waals surface area contributed by atoms with Crippen LogP contribution in [0.3, 0.4) is 0 Å². The first-order chi connectivity index (χ1) is 10.2. The van der Waals surface area contributed by atoms with E-state index in [0.29, 0.717) is 25.7 Å². The van der Waals surface area contributed by atoms with Crippen molar-refractivity contribution in [2.24, 2.45) is 5.92 Å². The lowest BCUT2D eigenvalue weighted by Gasteiger charge is -2.14. The first kappa shape index (κ1) is 16.0. The highest BCUT2D eigenvalue weighted by Gasteiger charge is 2.14. The first-order valence-corrected chi connectivity index (χ1v) is 7.52. The quantitative estimate of drug-likeness (QED) is 0.719. The molecule has 0 bridgehead atoms. The highest BCUT2D eigenvalue weighted by Crippen LogP contribution is 2.23. The average Bonchev–Trinajstić information content (AvgIpc) is 2.89. The third kappa shape index (κ3) is 4.84. The fourth-order valence-electron chi connectivity index (χ4n) is 2.12. The van der Waals surface area contributed by atoms with Gasteiger partial charge in [-0.2, -0.15) is 0 Å². The summed E-state index contributed by atoms with van der Waals surface area (Å²) in [6.07, 6.45) is 0. The highest BCUT2D eigenvalue weighted by atomic mass is 16.5. The van der Waals surface area contributed by atoms with Crippen molar-refractivity contribution in [3.05, 3.63) is 36.1 Å². The number of ether oxygens (including phenoxy) is 2. The summed E-state index contributed by atoms with van der Waals surface area (Å²) in [5.41, 5.74) is 0.910. The van der Waals surface area contributed by atoms with Gasteiger partial charge in [-0.25, -0.2) is 0 Å². The van der Waals surface area contributed by atoms with E-state index in [4.69, 9.17) is 13.9 Å². The third-order valence-corrected chi connectivity index (χ3v) is 3.24. The molecule has 0 fully saturated rings.